The minimum atomic E-state index is -0.408. The molecule has 0 amide bonds. The van der Waals surface area contributed by atoms with Gasteiger partial charge in [0.05, 0.1) is 11.5 Å². The predicted molar refractivity (Wildman–Crippen MR) is 75.8 cm³/mol. The zero-order chi connectivity index (χ0) is 14.4. The maximum absolute atomic E-state index is 10.9. The summed E-state index contributed by atoms with van der Waals surface area (Å²) < 4.78 is 5.37. The van der Waals surface area contributed by atoms with Gasteiger partial charge in [0.25, 0.3) is 0 Å². The van der Waals surface area contributed by atoms with Gasteiger partial charge < -0.3 is 10.1 Å². The number of nitrogens with zero attached hydrogens (tertiary/aromatic N) is 1. The van der Waals surface area contributed by atoms with Crippen LogP contribution in [0.2, 0.25) is 0 Å². The van der Waals surface area contributed by atoms with E-state index in [1.807, 2.05) is 20.0 Å². The lowest BCUT2D eigenvalue weighted by Crippen LogP contribution is -2.29. The quantitative estimate of drug-likeness (QED) is 0.608. The fourth-order valence-corrected chi connectivity index (χ4v) is 2.28. The highest BCUT2D eigenvalue weighted by Gasteiger charge is 2.20. The van der Waals surface area contributed by atoms with Crippen LogP contribution >= 0.6 is 0 Å². The topological polar surface area (TPSA) is 64.4 Å². The van der Waals surface area contributed by atoms with Crippen molar-refractivity contribution in [2.75, 3.05) is 13.7 Å². The molecule has 0 aliphatic rings. The maximum atomic E-state index is 10.9. The van der Waals surface area contributed by atoms with Crippen LogP contribution in [0.4, 0.5) is 5.69 Å². The van der Waals surface area contributed by atoms with Gasteiger partial charge in [-0.1, -0.05) is 19.9 Å². The summed E-state index contributed by atoms with van der Waals surface area (Å²) in [6, 6.07) is 5.47. The Morgan fingerprint density at radius 1 is 1.42 bits per heavy atom. The van der Waals surface area contributed by atoms with Crippen molar-refractivity contribution in [1.82, 2.24) is 5.32 Å². The third kappa shape index (κ3) is 3.67. The normalized spacial score (nSPS) is 13.9. The van der Waals surface area contributed by atoms with E-state index in [-0.39, 0.29) is 11.6 Å². The van der Waals surface area contributed by atoms with E-state index in [0.717, 1.165) is 12.0 Å². The van der Waals surface area contributed by atoms with Gasteiger partial charge in [0.1, 0.15) is 0 Å². The number of hydrogen-bond acceptors (Lipinski definition) is 4. The number of nitro benzene ring substituents is 1. The van der Waals surface area contributed by atoms with E-state index in [0.29, 0.717) is 18.4 Å². The molecule has 2 unspecified atom stereocenters. The summed E-state index contributed by atoms with van der Waals surface area (Å²) in [7, 11) is 1.93. The Labute approximate surface area is 114 Å². The molecule has 0 aliphatic carbocycles. The summed E-state index contributed by atoms with van der Waals surface area (Å²) in [4.78, 5) is 10.5. The molecule has 0 saturated carbocycles. The first-order valence-electron chi connectivity index (χ1n) is 6.63. The lowest BCUT2D eigenvalue weighted by atomic mass is 9.91. The number of benzene rings is 1. The Balaban J connectivity index is 3.10. The van der Waals surface area contributed by atoms with Crippen LogP contribution in [-0.4, -0.2) is 24.6 Å². The van der Waals surface area contributed by atoms with Crippen molar-refractivity contribution in [3.63, 3.8) is 0 Å². The van der Waals surface area contributed by atoms with Gasteiger partial charge in [-0.15, -0.1) is 0 Å². The number of ether oxygens (including phenoxy) is 1. The zero-order valence-corrected chi connectivity index (χ0v) is 12.0. The van der Waals surface area contributed by atoms with E-state index in [1.165, 1.54) is 6.07 Å². The van der Waals surface area contributed by atoms with E-state index in [4.69, 9.17) is 4.74 Å². The van der Waals surface area contributed by atoms with Gasteiger partial charge in [0, 0.05) is 12.1 Å². The van der Waals surface area contributed by atoms with Crippen LogP contribution in [0.1, 0.15) is 38.7 Å². The lowest BCUT2D eigenvalue weighted by Gasteiger charge is -2.23. The summed E-state index contributed by atoms with van der Waals surface area (Å²) in [5.74, 6) is 0.623. The second-order valence-electron chi connectivity index (χ2n) is 4.51. The average molecular weight is 266 g/mol. The van der Waals surface area contributed by atoms with Crippen molar-refractivity contribution < 1.29 is 9.66 Å². The summed E-state index contributed by atoms with van der Waals surface area (Å²) in [6.45, 7) is 6.47. The van der Waals surface area contributed by atoms with Crippen molar-refractivity contribution in [1.29, 1.82) is 0 Å². The summed E-state index contributed by atoms with van der Waals surface area (Å²) in [5, 5.41) is 14.2. The number of hydrogen-bond donors (Lipinski definition) is 1. The molecule has 1 aromatic carbocycles. The van der Waals surface area contributed by atoms with E-state index in [1.54, 1.807) is 6.07 Å². The molecule has 0 aliphatic heterocycles. The summed E-state index contributed by atoms with van der Waals surface area (Å²) >= 11 is 0. The van der Waals surface area contributed by atoms with Crippen LogP contribution in [-0.2, 0) is 0 Å². The standard InChI is InChI=1S/C14H22N2O3/c1-5-12(15-4)10(3)11-7-8-13(16(17)18)14(9-11)19-6-2/h7-10,12,15H,5-6H2,1-4H3. The molecule has 0 fully saturated rings. The average Bonchev–Trinajstić information content (AvgIpc) is 2.40. The van der Waals surface area contributed by atoms with Crippen LogP contribution in [0.25, 0.3) is 0 Å². The number of likely N-dealkylation sites (N-methyl/N-ethyl adjacent to an activating group) is 1. The zero-order valence-electron chi connectivity index (χ0n) is 12.0. The SMILES string of the molecule is CCOc1cc(C(C)C(CC)NC)ccc1[N+](=O)[O-]. The number of nitrogens with one attached hydrogen (secondary N) is 1. The van der Waals surface area contributed by atoms with Crippen molar-refractivity contribution in [3.05, 3.63) is 33.9 Å². The molecule has 1 aromatic rings. The first-order valence-corrected chi connectivity index (χ1v) is 6.63. The smallest absolute Gasteiger partial charge is 0.310 e. The molecular formula is C14H22N2O3. The third-order valence-corrected chi connectivity index (χ3v) is 3.42. The Morgan fingerprint density at radius 2 is 2.11 bits per heavy atom. The Bertz CT molecular complexity index is 431. The minimum absolute atomic E-state index is 0.0234. The molecule has 0 heterocycles. The van der Waals surface area contributed by atoms with Crippen LogP contribution in [0, 0.1) is 10.1 Å². The third-order valence-electron chi connectivity index (χ3n) is 3.42. The molecule has 1 N–H and O–H groups in total. The van der Waals surface area contributed by atoms with Crippen molar-refractivity contribution in [3.8, 4) is 5.75 Å². The molecule has 0 saturated heterocycles. The van der Waals surface area contributed by atoms with E-state index in [2.05, 4.69) is 19.2 Å². The molecule has 2 atom stereocenters. The highest BCUT2D eigenvalue weighted by Crippen LogP contribution is 2.32. The number of nitro groups is 1. The predicted octanol–water partition coefficient (Wildman–Crippen LogP) is 3.10. The second-order valence-corrected chi connectivity index (χ2v) is 4.51. The van der Waals surface area contributed by atoms with Crippen LogP contribution in [0.15, 0.2) is 18.2 Å². The molecule has 0 radical (unpaired) electrons. The van der Waals surface area contributed by atoms with Gasteiger partial charge in [-0.25, -0.2) is 0 Å². The van der Waals surface area contributed by atoms with Crippen molar-refractivity contribution in [2.24, 2.45) is 0 Å². The van der Waals surface area contributed by atoms with Crippen LogP contribution in [0.3, 0.4) is 0 Å². The Kier molecular flexibility index (Phi) is 5.76. The summed E-state index contributed by atoms with van der Waals surface area (Å²) in [5.41, 5.74) is 1.07. The highest BCUT2D eigenvalue weighted by atomic mass is 16.6. The van der Waals surface area contributed by atoms with Crippen LogP contribution in [0.5, 0.6) is 5.75 Å². The molecular weight excluding hydrogens is 244 g/mol. The molecule has 5 heteroatoms. The molecule has 5 nitrogen and oxygen atoms in total. The molecule has 1 rings (SSSR count). The number of rotatable bonds is 7. The first-order chi connectivity index (χ1) is 9.04. The molecule has 19 heavy (non-hydrogen) atoms. The lowest BCUT2D eigenvalue weighted by molar-refractivity contribution is -0.385. The van der Waals surface area contributed by atoms with Gasteiger partial charge in [0.15, 0.2) is 5.75 Å². The second kappa shape index (κ2) is 7.09. The Morgan fingerprint density at radius 3 is 2.58 bits per heavy atom. The highest BCUT2D eigenvalue weighted by molar-refractivity contribution is 5.49. The monoisotopic (exact) mass is 266 g/mol. The first kappa shape index (κ1) is 15.4. The molecule has 0 spiro atoms. The Hall–Kier alpha value is -1.62. The molecule has 0 aromatic heterocycles. The van der Waals surface area contributed by atoms with Gasteiger partial charge in [-0.05, 0) is 37.9 Å². The van der Waals surface area contributed by atoms with E-state index >= 15 is 0 Å². The minimum Gasteiger partial charge on any atom is -0.487 e. The van der Waals surface area contributed by atoms with E-state index < -0.39 is 4.92 Å². The fourth-order valence-electron chi connectivity index (χ4n) is 2.28. The van der Waals surface area contributed by atoms with Crippen molar-refractivity contribution in [2.45, 2.75) is 39.2 Å². The largest absolute Gasteiger partial charge is 0.487 e. The summed E-state index contributed by atoms with van der Waals surface area (Å²) in [6.07, 6.45) is 0.999. The van der Waals surface area contributed by atoms with Gasteiger partial charge in [0.2, 0.25) is 0 Å². The fraction of sp³-hybridized carbons (Fsp3) is 0.571. The molecule has 106 valence electrons. The maximum Gasteiger partial charge on any atom is 0.310 e. The molecule has 0 bridgehead atoms. The van der Waals surface area contributed by atoms with Crippen molar-refractivity contribution >= 4 is 5.69 Å². The van der Waals surface area contributed by atoms with Crippen LogP contribution < -0.4 is 10.1 Å². The van der Waals surface area contributed by atoms with E-state index in [9.17, 15) is 10.1 Å². The van der Waals surface area contributed by atoms with Gasteiger partial charge >= 0.3 is 5.69 Å². The van der Waals surface area contributed by atoms with Gasteiger partial charge in [-0.2, -0.15) is 0 Å². The van der Waals surface area contributed by atoms with Gasteiger partial charge in [-0.3, -0.25) is 10.1 Å².